The summed E-state index contributed by atoms with van der Waals surface area (Å²) in [6, 6.07) is 8.22. The third kappa shape index (κ3) is 5.59. The Bertz CT molecular complexity index is 408. The first-order chi connectivity index (χ1) is 9.06. The monoisotopic (exact) mass is 328 g/mol. The highest BCUT2D eigenvalue weighted by Gasteiger charge is 2.08. The van der Waals surface area contributed by atoms with Crippen LogP contribution in [0.2, 0.25) is 0 Å². The van der Waals surface area contributed by atoms with Crippen molar-refractivity contribution in [1.82, 2.24) is 10.3 Å². The average molecular weight is 329 g/mol. The van der Waals surface area contributed by atoms with Gasteiger partial charge in [0.1, 0.15) is 0 Å². The van der Waals surface area contributed by atoms with Crippen molar-refractivity contribution in [2.24, 2.45) is 10.8 Å². The molecule has 5 nitrogen and oxygen atoms in total. The molecule has 0 saturated heterocycles. The number of nitrogens with zero attached hydrogens (tertiary/aromatic N) is 2. The molecular formula is C13H21BrN4O. The number of halogens is 1. The molecule has 1 aromatic rings. The molecule has 0 aliphatic rings. The van der Waals surface area contributed by atoms with Gasteiger partial charge in [-0.15, -0.1) is 0 Å². The summed E-state index contributed by atoms with van der Waals surface area (Å²) in [7, 11) is 3.60. The second-order valence-electron chi connectivity index (χ2n) is 4.38. The molecule has 0 amide bonds. The van der Waals surface area contributed by atoms with Crippen molar-refractivity contribution >= 4 is 21.9 Å². The SMILES string of the molecule is COCC(C)N=C(NN)N(C)Cc1ccc(Br)cc1. The van der Waals surface area contributed by atoms with E-state index in [0.29, 0.717) is 12.6 Å². The largest absolute Gasteiger partial charge is 0.382 e. The number of hydrazine groups is 1. The van der Waals surface area contributed by atoms with Crippen LogP contribution in [0.25, 0.3) is 0 Å². The second kappa shape index (κ2) is 8.14. The van der Waals surface area contributed by atoms with Gasteiger partial charge in [-0.05, 0) is 24.6 Å². The van der Waals surface area contributed by atoms with E-state index in [1.165, 1.54) is 5.56 Å². The Kier molecular flexibility index (Phi) is 6.83. The van der Waals surface area contributed by atoms with Crippen molar-refractivity contribution in [3.8, 4) is 0 Å². The molecule has 0 fully saturated rings. The Morgan fingerprint density at radius 2 is 2.11 bits per heavy atom. The lowest BCUT2D eigenvalue weighted by Gasteiger charge is -2.22. The quantitative estimate of drug-likeness (QED) is 0.374. The van der Waals surface area contributed by atoms with Gasteiger partial charge >= 0.3 is 0 Å². The highest BCUT2D eigenvalue weighted by molar-refractivity contribution is 9.10. The van der Waals surface area contributed by atoms with Crippen LogP contribution in [0.5, 0.6) is 0 Å². The van der Waals surface area contributed by atoms with Crippen LogP contribution >= 0.6 is 15.9 Å². The molecule has 0 aliphatic carbocycles. The number of guanidine groups is 1. The van der Waals surface area contributed by atoms with Gasteiger partial charge in [0, 0.05) is 25.2 Å². The summed E-state index contributed by atoms with van der Waals surface area (Å²) >= 11 is 3.42. The normalized spacial score (nSPS) is 13.2. The molecule has 19 heavy (non-hydrogen) atoms. The minimum absolute atomic E-state index is 0.0587. The van der Waals surface area contributed by atoms with Crippen molar-refractivity contribution in [2.75, 3.05) is 20.8 Å². The fraction of sp³-hybridized carbons (Fsp3) is 0.462. The van der Waals surface area contributed by atoms with Crippen LogP contribution in [-0.4, -0.2) is 37.7 Å². The number of benzene rings is 1. The molecule has 1 atom stereocenters. The Morgan fingerprint density at radius 1 is 1.47 bits per heavy atom. The Hall–Kier alpha value is -1.11. The zero-order valence-electron chi connectivity index (χ0n) is 11.6. The highest BCUT2D eigenvalue weighted by Crippen LogP contribution is 2.11. The van der Waals surface area contributed by atoms with E-state index in [1.54, 1.807) is 7.11 Å². The van der Waals surface area contributed by atoms with Gasteiger partial charge in [0.05, 0.1) is 12.6 Å². The lowest BCUT2D eigenvalue weighted by Crippen LogP contribution is -2.43. The van der Waals surface area contributed by atoms with E-state index in [1.807, 2.05) is 31.0 Å². The van der Waals surface area contributed by atoms with E-state index in [-0.39, 0.29) is 6.04 Å². The number of aliphatic imine (C=N–C) groups is 1. The predicted octanol–water partition coefficient (Wildman–Crippen LogP) is 1.74. The van der Waals surface area contributed by atoms with Gasteiger partial charge < -0.3 is 9.64 Å². The number of hydrogen-bond acceptors (Lipinski definition) is 3. The third-order valence-corrected chi connectivity index (χ3v) is 3.10. The van der Waals surface area contributed by atoms with Gasteiger partial charge in [-0.25, -0.2) is 10.8 Å². The smallest absolute Gasteiger partial charge is 0.208 e. The molecule has 6 heteroatoms. The molecule has 1 rings (SSSR count). The molecule has 3 N–H and O–H groups in total. The topological polar surface area (TPSA) is 62.9 Å². The Balaban J connectivity index is 2.68. The number of ether oxygens (including phenoxy) is 1. The number of nitrogens with one attached hydrogen (secondary N) is 1. The molecule has 0 aromatic heterocycles. The number of methoxy groups -OCH3 is 1. The molecule has 0 spiro atoms. The number of hydrogen-bond donors (Lipinski definition) is 2. The standard InChI is InChI=1S/C13H21BrN4O/c1-10(9-19-3)16-13(17-15)18(2)8-11-4-6-12(14)7-5-11/h4-7,10H,8-9,15H2,1-3H3,(H,16,17). The highest BCUT2D eigenvalue weighted by atomic mass is 79.9. The van der Waals surface area contributed by atoms with Crippen LogP contribution in [0, 0.1) is 0 Å². The van der Waals surface area contributed by atoms with E-state index in [2.05, 4.69) is 38.5 Å². The van der Waals surface area contributed by atoms with Crippen LogP contribution in [0.15, 0.2) is 33.7 Å². The zero-order valence-corrected chi connectivity index (χ0v) is 13.1. The molecule has 0 saturated carbocycles. The minimum atomic E-state index is 0.0587. The van der Waals surface area contributed by atoms with E-state index in [4.69, 9.17) is 10.6 Å². The minimum Gasteiger partial charge on any atom is -0.382 e. The van der Waals surface area contributed by atoms with E-state index in [9.17, 15) is 0 Å². The third-order valence-electron chi connectivity index (χ3n) is 2.57. The maximum Gasteiger partial charge on any atom is 0.208 e. The van der Waals surface area contributed by atoms with E-state index in [0.717, 1.165) is 11.0 Å². The van der Waals surface area contributed by atoms with E-state index < -0.39 is 0 Å². The lowest BCUT2D eigenvalue weighted by atomic mass is 10.2. The van der Waals surface area contributed by atoms with Crippen LogP contribution in [0.3, 0.4) is 0 Å². The molecule has 0 heterocycles. The number of rotatable bonds is 5. The van der Waals surface area contributed by atoms with Crippen molar-refractivity contribution in [3.05, 3.63) is 34.3 Å². The maximum atomic E-state index is 5.53. The van der Waals surface area contributed by atoms with Crippen molar-refractivity contribution < 1.29 is 4.74 Å². The summed E-state index contributed by atoms with van der Waals surface area (Å²) in [5, 5.41) is 0. The van der Waals surface area contributed by atoms with Gasteiger partial charge in [0.25, 0.3) is 0 Å². The maximum absolute atomic E-state index is 5.53. The molecule has 0 aliphatic heterocycles. The summed E-state index contributed by atoms with van der Waals surface area (Å²) < 4.78 is 6.13. The molecule has 106 valence electrons. The zero-order chi connectivity index (χ0) is 14.3. The molecule has 1 unspecified atom stereocenters. The van der Waals surface area contributed by atoms with Crippen LogP contribution in [-0.2, 0) is 11.3 Å². The van der Waals surface area contributed by atoms with Gasteiger partial charge in [-0.3, -0.25) is 5.43 Å². The summed E-state index contributed by atoms with van der Waals surface area (Å²) in [6.07, 6.45) is 0. The van der Waals surface area contributed by atoms with Crippen LogP contribution < -0.4 is 11.3 Å². The first-order valence-electron chi connectivity index (χ1n) is 6.05. The van der Waals surface area contributed by atoms with E-state index >= 15 is 0 Å². The second-order valence-corrected chi connectivity index (χ2v) is 5.30. The summed E-state index contributed by atoms with van der Waals surface area (Å²) in [5.74, 6) is 6.17. The first kappa shape index (κ1) is 15.9. The van der Waals surface area contributed by atoms with Crippen molar-refractivity contribution in [1.29, 1.82) is 0 Å². The fourth-order valence-corrected chi connectivity index (χ4v) is 1.94. The lowest BCUT2D eigenvalue weighted by molar-refractivity contribution is 0.185. The molecule has 1 aromatic carbocycles. The molecular weight excluding hydrogens is 308 g/mol. The van der Waals surface area contributed by atoms with Gasteiger partial charge in [-0.1, -0.05) is 28.1 Å². The summed E-state index contributed by atoms with van der Waals surface area (Å²) in [6.45, 7) is 3.28. The van der Waals surface area contributed by atoms with Gasteiger partial charge in [-0.2, -0.15) is 0 Å². The predicted molar refractivity (Wildman–Crippen MR) is 81.7 cm³/mol. The van der Waals surface area contributed by atoms with Crippen LogP contribution in [0.4, 0.5) is 0 Å². The van der Waals surface area contributed by atoms with Crippen LogP contribution in [0.1, 0.15) is 12.5 Å². The first-order valence-corrected chi connectivity index (χ1v) is 6.85. The van der Waals surface area contributed by atoms with Gasteiger partial charge in [0.2, 0.25) is 5.96 Å². The van der Waals surface area contributed by atoms with Gasteiger partial charge in [0.15, 0.2) is 0 Å². The molecule has 0 bridgehead atoms. The average Bonchev–Trinajstić information content (AvgIpc) is 2.39. The fourth-order valence-electron chi connectivity index (χ4n) is 1.67. The number of nitrogens with two attached hydrogens (primary N) is 1. The Morgan fingerprint density at radius 3 is 2.63 bits per heavy atom. The van der Waals surface area contributed by atoms with Crippen molar-refractivity contribution in [3.63, 3.8) is 0 Å². The molecule has 0 radical (unpaired) electrons. The van der Waals surface area contributed by atoms with Crippen molar-refractivity contribution in [2.45, 2.75) is 19.5 Å². The summed E-state index contributed by atoms with van der Waals surface area (Å²) in [5.41, 5.74) is 3.82. The Labute approximate surface area is 122 Å². The summed E-state index contributed by atoms with van der Waals surface area (Å²) in [4.78, 5) is 6.44.